The molecule has 1 aliphatic heterocycles. The van der Waals surface area contributed by atoms with Gasteiger partial charge in [-0.2, -0.15) is 0 Å². The van der Waals surface area contributed by atoms with E-state index in [0.29, 0.717) is 48.7 Å². The monoisotopic (exact) mass is 482 g/mol. The Balaban J connectivity index is 0.00000199. The first-order valence-electron chi connectivity index (χ1n) is 11.2. The number of aliphatic hydroxyl groups is 1. The zero-order valence-electron chi connectivity index (χ0n) is 20.3. The van der Waals surface area contributed by atoms with E-state index in [1.54, 1.807) is 7.11 Å². The Bertz CT molecular complexity index is 864. The number of amides is 2. The van der Waals surface area contributed by atoms with Crippen LogP contribution in [-0.4, -0.2) is 74.7 Å². The van der Waals surface area contributed by atoms with Gasteiger partial charge in [0.1, 0.15) is 0 Å². The molecule has 2 aliphatic rings. The van der Waals surface area contributed by atoms with Crippen molar-refractivity contribution in [3.05, 3.63) is 11.1 Å². The van der Waals surface area contributed by atoms with Crippen LogP contribution in [0.25, 0.3) is 0 Å². The molecule has 0 radical (unpaired) electrons. The van der Waals surface area contributed by atoms with E-state index in [4.69, 9.17) is 24.1 Å². The van der Waals surface area contributed by atoms with Crippen LogP contribution < -0.4 is 29.6 Å². The average Bonchev–Trinajstić information content (AvgIpc) is 3.31. The van der Waals surface area contributed by atoms with E-state index in [9.17, 15) is 19.6 Å². The summed E-state index contributed by atoms with van der Waals surface area (Å²) >= 11 is 0. The number of fused-ring (bicyclic) bond motifs is 3. The van der Waals surface area contributed by atoms with Gasteiger partial charge in [0, 0.05) is 24.2 Å². The zero-order chi connectivity index (χ0) is 25.4. The Morgan fingerprint density at radius 2 is 1.74 bits per heavy atom. The van der Waals surface area contributed by atoms with E-state index < -0.39 is 19.0 Å². The largest absolute Gasteiger partial charge is 0.492 e. The maximum atomic E-state index is 12.8. The van der Waals surface area contributed by atoms with Gasteiger partial charge in [-0.15, -0.1) is 0 Å². The third kappa shape index (κ3) is 6.25. The Kier molecular flexibility index (Phi) is 10.3. The van der Waals surface area contributed by atoms with Crippen LogP contribution in [0.2, 0.25) is 0 Å². The summed E-state index contributed by atoms with van der Waals surface area (Å²) in [5.41, 5.74) is 1.79. The van der Waals surface area contributed by atoms with Crippen molar-refractivity contribution < 1.29 is 43.7 Å². The van der Waals surface area contributed by atoms with Crippen molar-refractivity contribution in [1.29, 1.82) is 0 Å². The highest BCUT2D eigenvalue weighted by Gasteiger charge is 2.36. The molecule has 11 nitrogen and oxygen atoms in total. The van der Waals surface area contributed by atoms with Crippen LogP contribution in [0, 0.1) is 11.8 Å². The lowest BCUT2D eigenvalue weighted by molar-refractivity contribution is -0.129. The van der Waals surface area contributed by atoms with Gasteiger partial charge in [0.15, 0.2) is 11.5 Å². The van der Waals surface area contributed by atoms with Gasteiger partial charge in [0.2, 0.25) is 30.1 Å². The molecule has 12 heteroatoms. The fraction of sp³-hybridized carbons (Fsp3) is 0.636. The van der Waals surface area contributed by atoms with Crippen molar-refractivity contribution in [2.24, 2.45) is 11.8 Å². The van der Waals surface area contributed by atoms with Crippen molar-refractivity contribution in [2.75, 3.05) is 34.7 Å². The van der Waals surface area contributed by atoms with E-state index in [1.807, 2.05) is 13.8 Å². The fourth-order valence-electron chi connectivity index (χ4n) is 4.29. The number of aliphatic hydroxyl groups excluding tert-OH is 1. The summed E-state index contributed by atoms with van der Waals surface area (Å²) in [6.45, 7) is 3.66. The minimum Gasteiger partial charge on any atom is -0.492 e. The van der Waals surface area contributed by atoms with Gasteiger partial charge in [-0.05, 0) is 31.6 Å². The molecule has 0 saturated carbocycles. The normalized spacial score (nSPS) is 16.6. The minimum absolute atomic E-state index is 0.0661. The topological polar surface area (TPSA) is 156 Å². The molecule has 2 unspecified atom stereocenters. The van der Waals surface area contributed by atoms with E-state index in [2.05, 4.69) is 10.6 Å². The average molecular weight is 482 g/mol. The second-order valence-corrected chi connectivity index (χ2v) is 8.46. The lowest BCUT2D eigenvalue weighted by Crippen LogP contribution is -2.50. The molecule has 2 amide bonds. The minimum atomic E-state index is -1.66. The van der Waals surface area contributed by atoms with Crippen LogP contribution in [0.3, 0.4) is 0 Å². The van der Waals surface area contributed by atoms with Gasteiger partial charge in [-0.1, -0.05) is 13.8 Å². The number of ether oxygens (including phenoxy) is 4. The number of carbonyl (C=O) groups is 2. The summed E-state index contributed by atoms with van der Waals surface area (Å²) in [5, 5.41) is 31.1. The first kappa shape index (κ1) is 27.5. The van der Waals surface area contributed by atoms with E-state index >= 15 is 0 Å². The molecule has 3 rings (SSSR count). The molecule has 0 spiro atoms. The zero-order valence-corrected chi connectivity index (χ0v) is 20.3. The Morgan fingerprint density at radius 1 is 1.09 bits per heavy atom. The highest BCUT2D eigenvalue weighted by atomic mass is 16.7. The molecule has 190 valence electrons. The molecule has 1 aliphatic carbocycles. The van der Waals surface area contributed by atoms with Crippen molar-refractivity contribution in [1.82, 2.24) is 10.6 Å². The standard InChI is InChI=1S/C21H31BN2O8.CH4O/c1-11(2)7-15(22(27)28)24-16(25)9-23-21(26)12-5-6-13-14(8-12)18-20(32-10-31-18)19(30-4)17(13)29-3;1-2/h11-12,15,27-28H,5-10H2,1-4H3,(H,23,26)(H,24,25);2H,1H3. The van der Waals surface area contributed by atoms with Gasteiger partial charge in [0.05, 0.1) is 26.7 Å². The van der Waals surface area contributed by atoms with Crippen molar-refractivity contribution >= 4 is 18.9 Å². The van der Waals surface area contributed by atoms with Crippen molar-refractivity contribution in [2.45, 2.75) is 45.5 Å². The predicted molar refractivity (Wildman–Crippen MR) is 124 cm³/mol. The molecule has 1 aromatic carbocycles. The van der Waals surface area contributed by atoms with E-state index in [0.717, 1.165) is 18.2 Å². The Morgan fingerprint density at radius 3 is 2.32 bits per heavy atom. The van der Waals surface area contributed by atoms with E-state index in [-0.39, 0.29) is 31.1 Å². The second-order valence-electron chi connectivity index (χ2n) is 8.46. The van der Waals surface area contributed by atoms with Crippen LogP contribution in [0.1, 0.15) is 37.8 Å². The molecular formula is C22H35BN2O9. The van der Waals surface area contributed by atoms with Gasteiger partial charge in [-0.25, -0.2) is 0 Å². The molecule has 0 aromatic heterocycles. The quantitative estimate of drug-likeness (QED) is 0.301. The summed E-state index contributed by atoms with van der Waals surface area (Å²) in [6.07, 6.45) is 1.99. The highest BCUT2D eigenvalue weighted by Crippen LogP contribution is 2.54. The number of carbonyl (C=O) groups excluding carboxylic acids is 2. The summed E-state index contributed by atoms with van der Waals surface area (Å²) in [5.74, 6) is 0.422. The summed E-state index contributed by atoms with van der Waals surface area (Å²) in [7, 11) is 2.44. The lowest BCUT2D eigenvalue weighted by atomic mass is 9.75. The first-order chi connectivity index (χ1) is 16.3. The number of nitrogens with one attached hydrogen (secondary N) is 2. The Labute approximate surface area is 199 Å². The van der Waals surface area contributed by atoms with Gasteiger partial charge >= 0.3 is 7.12 Å². The smallest absolute Gasteiger partial charge is 0.475 e. The van der Waals surface area contributed by atoms with Crippen molar-refractivity contribution in [3.8, 4) is 23.0 Å². The highest BCUT2D eigenvalue weighted by molar-refractivity contribution is 6.43. The van der Waals surface area contributed by atoms with Crippen LogP contribution >= 0.6 is 0 Å². The predicted octanol–water partition coefficient (Wildman–Crippen LogP) is -0.195. The third-order valence-corrected chi connectivity index (χ3v) is 5.76. The number of benzene rings is 1. The molecule has 1 heterocycles. The van der Waals surface area contributed by atoms with Gasteiger partial charge in [-0.3, -0.25) is 9.59 Å². The summed E-state index contributed by atoms with van der Waals surface area (Å²) in [6, 6.07) is 0. The molecule has 2 atom stereocenters. The number of hydrogen-bond acceptors (Lipinski definition) is 9. The Hall–Kier alpha value is -2.70. The molecule has 0 bridgehead atoms. The molecular weight excluding hydrogens is 447 g/mol. The molecule has 1 aromatic rings. The first-order valence-corrected chi connectivity index (χ1v) is 11.2. The lowest BCUT2D eigenvalue weighted by Gasteiger charge is -2.27. The number of hydrogen-bond donors (Lipinski definition) is 5. The third-order valence-electron chi connectivity index (χ3n) is 5.76. The molecule has 0 saturated heterocycles. The van der Waals surface area contributed by atoms with E-state index in [1.165, 1.54) is 7.11 Å². The molecule has 34 heavy (non-hydrogen) atoms. The number of methoxy groups -OCH3 is 2. The van der Waals surface area contributed by atoms with Crippen LogP contribution in [0.4, 0.5) is 0 Å². The van der Waals surface area contributed by atoms with Crippen LogP contribution in [0.15, 0.2) is 0 Å². The number of rotatable bonds is 9. The second kappa shape index (κ2) is 12.7. The summed E-state index contributed by atoms with van der Waals surface area (Å²) < 4.78 is 22.3. The maximum Gasteiger partial charge on any atom is 0.475 e. The van der Waals surface area contributed by atoms with Crippen molar-refractivity contribution in [3.63, 3.8) is 0 Å². The van der Waals surface area contributed by atoms with Crippen LogP contribution in [0.5, 0.6) is 23.0 Å². The summed E-state index contributed by atoms with van der Waals surface area (Å²) in [4.78, 5) is 25.0. The molecule has 5 N–H and O–H groups in total. The van der Waals surface area contributed by atoms with Crippen LogP contribution in [-0.2, 0) is 22.4 Å². The van der Waals surface area contributed by atoms with Gasteiger partial charge in [0.25, 0.3) is 0 Å². The van der Waals surface area contributed by atoms with Gasteiger partial charge < -0.3 is 44.7 Å². The maximum absolute atomic E-state index is 12.8. The fourth-order valence-corrected chi connectivity index (χ4v) is 4.29. The SMILES string of the molecule is CO.COc1c2c(c3c(c1OC)OCO3)CC(C(=O)NCC(=O)NC(CC(C)C)B(O)O)CC2. The molecule has 0 fully saturated rings.